The number of piperidine rings is 1. The highest BCUT2D eigenvalue weighted by molar-refractivity contribution is 6.30. The van der Waals surface area contributed by atoms with E-state index in [1.165, 1.54) is 4.90 Å². The molecule has 7 atom stereocenters. The third-order valence-electron chi connectivity index (χ3n) is 15.1. The summed E-state index contributed by atoms with van der Waals surface area (Å²) in [7, 11) is 0. The van der Waals surface area contributed by atoms with Gasteiger partial charge in [-0.05, 0) is 96.4 Å². The summed E-state index contributed by atoms with van der Waals surface area (Å²) in [5.74, 6) is -4.16. The Morgan fingerprint density at radius 2 is 1.38 bits per heavy atom. The van der Waals surface area contributed by atoms with Crippen LogP contribution < -0.4 is 42.4 Å². The normalized spacial score (nSPS) is 22.7. The molecule has 3 fully saturated rings. The first-order valence-electron chi connectivity index (χ1n) is 27.4. The quantitative estimate of drug-likeness (QED) is 0.0649. The van der Waals surface area contributed by atoms with Gasteiger partial charge in [-0.1, -0.05) is 115 Å². The Kier molecular flexibility index (Phi) is 19.3. The van der Waals surface area contributed by atoms with Crippen LogP contribution in [0.1, 0.15) is 66.0 Å². The minimum atomic E-state index is -1.40. The summed E-state index contributed by atoms with van der Waals surface area (Å²) in [6, 6.07) is 33.1. The third-order valence-corrected chi connectivity index (χ3v) is 15.3. The number of H-pyrrole nitrogens is 1. The first-order valence-corrected chi connectivity index (χ1v) is 27.7. The molecule has 6 aromatic rings. The highest BCUT2D eigenvalue weighted by Gasteiger charge is 2.45. The SMILES string of the molecule is NCCNC(=O)O[C@@H]1C[C@H]2C(=O)N[C@@H](c3ccccc3)C(=O)N[C@H](Cc3c[nH]c4ccccc34)C(=O)C[C@@H](CC3CCNCC3)C(=O)N[C@@H](Cc3ccc(OCc4ccccc4)cc3)C(=O)N[C@@H](Cc3cccc(Cl)c3)C(=O)N2C1. The van der Waals surface area contributed by atoms with E-state index in [-0.39, 0.29) is 57.7 Å². The van der Waals surface area contributed by atoms with E-state index in [1.807, 2.05) is 54.6 Å². The third kappa shape index (κ3) is 15.0. The Morgan fingerprint density at radius 3 is 2.12 bits per heavy atom. The van der Waals surface area contributed by atoms with Crippen molar-refractivity contribution in [3.63, 3.8) is 0 Å². The molecule has 0 saturated carbocycles. The molecule has 1 aromatic heterocycles. The van der Waals surface area contributed by atoms with Gasteiger partial charge in [-0.15, -0.1) is 0 Å². The molecule has 6 amide bonds. The number of nitrogens with zero attached hydrogens (tertiary/aromatic N) is 1. The molecule has 0 unspecified atom stereocenters. The van der Waals surface area contributed by atoms with Gasteiger partial charge in [-0.25, -0.2) is 4.79 Å². The van der Waals surface area contributed by atoms with Gasteiger partial charge < -0.3 is 57.0 Å². The van der Waals surface area contributed by atoms with Crippen LogP contribution in [0.4, 0.5) is 4.79 Å². The van der Waals surface area contributed by atoms with Gasteiger partial charge in [0.05, 0.1) is 12.6 Å². The van der Waals surface area contributed by atoms with Crippen LogP contribution in [0.25, 0.3) is 10.9 Å². The number of rotatable bonds is 15. The molecule has 418 valence electrons. The minimum Gasteiger partial charge on any atom is -0.489 e. The smallest absolute Gasteiger partial charge is 0.407 e. The summed E-state index contributed by atoms with van der Waals surface area (Å²) in [6.07, 6.45) is 1.20. The highest BCUT2D eigenvalue weighted by Crippen LogP contribution is 2.29. The summed E-state index contributed by atoms with van der Waals surface area (Å²) in [4.78, 5) is 109. The van der Waals surface area contributed by atoms with Crippen LogP contribution in [0.15, 0.2) is 140 Å². The van der Waals surface area contributed by atoms with E-state index < -0.39 is 83.6 Å². The molecular weight excluding hydrogens is 1040 g/mol. The van der Waals surface area contributed by atoms with Gasteiger partial charge in [0.15, 0.2) is 5.78 Å². The average molecular weight is 1110 g/mol. The summed E-state index contributed by atoms with van der Waals surface area (Å²) in [5.41, 5.74) is 9.79. The van der Waals surface area contributed by atoms with Crippen molar-refractivity contribution in [1.82, 2.24) is 41.8 Å². The van der Waals surface area contributed by atoms with Crippen molar-refractivity contribution in [3.05, 3.63) is 172 Å². The van der Waals surface area contributed by atoms with Crippen molar-refractivity contribution in [1.29, 1.82) is 0 Å². The predicted octanol–water partition coefficient (Wildman–Crippen LogP) is 5.37. The van der Waals surface area contributed by atoms with Gasteiger partial charge in [0.1, 0.15) is 42.6 Å². The van der Waals surface area contributed by atoms with Crippen LogP contribution in [0, 0.1) is 11.8 Å². The molecule has 3 aliphatic rings. The van der Waals surface area contributed by atoms with Crippen molar-refractivity contribution in [2.24, 2.45) is 17.6 Å². The number of benzene rings is 5. The van der Waals surface area contributed by atoms with Gasteiger partial charge in [0, 0.05) is 73.2 Å². The molecular formula is C61H68ClN9O9. The molecule has 18 nitrogen and oxygen atoms in total. The van der Waals surface area contributed by atoms with Gasteiger partial charge in [0.25, 0.3) is 0 Å². The topological polar surface area (TPSA) is 255 Å². The van der Waals surface area contributed by atoms with Gasteiger partial charge >= 0.3 is 6.09 Å². The zero-order valence-electron chi connectivity index (χ0n) is 44.4. The predicted molar refractivity (Wildman–Crippen MR) is 302 cm³/mol. The van der Waals surface area contributed by atoms with E-state index in [9.17, 15) is 4.79 Å². The van der Waals surface area contributed by atoms with Gasteiger partial charge in [0.2, 0.25) is 29.5 Å². The number of amides is 6. The number of hydrogen-bond donors (Lipinski definition) is 8. The van der Waals surface area contributed by atoms with E-state index >= 15 is 28.8 Å². The standard InChI is InChI=1S/C61H68ClN9O9/c62-45-15-9-12-41(29-45)31-52-60(77)71-36-47(80-61(78)65-27-24-63)34-53(71)58(75)70-55(42-13-5-2-6-14-42)59(76)67-50(32-44-35-66-49-17-8-7-16-48(44)49)54(72)33-43(28-39-22-25-64-26-23-39)56(73)68-51(57(74)69-52)30-38-18-20-46(21-19-38)79-37-40-10-3-1-4-11-40/h1-21,29,35,39,43,47,50-53,55,64,66H,22-28,30-34,36-37,63H2,(H,65,78)(H,67,76)(H,68,73)(H,69,74)(H,70,75)/t43-,47-,50-,51+,52+,53+,55+/m1/s1. The fourth-order valence-electron chi connectivity index (χ4n) is 10.9. The molecule has 9 rings (SSSR count). The first-order chi connectivity index (χ1) is 38.9. The van der Waals surface area contributed by atoms with Gasteiger partial charge in [-0.2, -0.15) is 0 Å². The number of hydrogen-bond acceptors (Lipinski definition) is 11. The zero-order valence-corrected chi connectivity index (χ0v) is 45.1. The van der Waals surface area contributed by atoms with Gasteiger partial charge in [-0.3, -0.25) is 28.8 Å². The van der Waals surface area contributed by atoms with E-state index in [2.05, 4.69) is 36.9 Å². The average Bonchev–Trinajstić information content (AvgIpc) is 4.13. The molecule has 9 N–H and O–H groups in total. The maximum absolute atomic E-state index is 15.4. The Bertz CT molecular complexity index is 3120. The largest absolute Gasteiger partial charge is 0.489 e. The monoisotopic (exact) mass is 1110 g/mol. The maximum atomic E-state index is 15.4. The lowest BCUT2D eigenvalue weighted by molar-refractivity contribution is -0.143. The second-order valence-corrected chi connectivity index (χ2v) is 21.3. The van der Waals surface area contributed by atoms with E-state index in [0.717, 1.165) is 48.0 Å². The van der Waals surface area contributed by atoms with Crippen LogP contribution in [-0.2, 0) is 59.4 Å². The number of ether oxygens (including phenoxy) is 2. The fourth-order valence-corrected chi connectivity index (χ4v) is 11.1. The fraction of sp³-hybridized carbons (Fsp3) is 0.361. The number of para-hydroxylation sites is 1. The van der Waals surface area contributed by atoms with Crippen molar-refractivity contribution < 1.29 is 43.0 Å². The second-order valence-electron chi connectivity index (χ2n) is 20.8. The van der Waals surface area contributed by atoms with E-state index in [0.29, 0.717) is 40.5 Å². The Morgan fingerprint density at radius 1 is 0.688 bits per heavy atom. The van der Waals surface area contributed by atoms with Crippen LogP contribution in [0.3, 0.4) is 0 Å². The minimum absolute atomic E-state index is 0.0337. The molecule has 19 heteroatoms. The molecule has 0 spiro atoms. The van der Waals surface area contributed by atoms with E-state index in [1.54, 1.807) is 85.1 Å². The van der Waals surface area contributed by atoms with E-state index in [4.69, 9.17) is 26.8 Å². The van der Waals surface area contributed by atoms with Crippen LogP contribution in [-0.4, -0.2) is 114 Å². The summed E-state index contributed by atoms with van der Waals surface area (Å²) >= 11 is 6.49. The lowest BCUT2D eigenvalue weighted by Crippen LogP contribution is -2.59. The zero-order chi connectivity index (χ0) is 56.0. The van der Waals surface area contributed by atoms with Crippen molar-refractivity contribution in [3.8, 4) is 5.75 Å². The van der Waals surface area contributed by atoms with Crippen LogP contribution >= 0.6 is 11.6 Å². The molecule has 4 heterocycles. The number of carbonyl (C=O) groups is 7. The lowest BCUT2D eigenvalue weighted by atomic mass is 9.83. The van der Waals surface area contributed by atoms with Crippen molar-refractivity contribution in [2.75, 3.05) is 32.7 Å². The Hall–Kier alpha value is -8.06. The van der Waals surface area contributed by atoms with Crippen molar-refractivity contribution in [2.45, 2.75) is 94.3 Å². The number of alkyl carbamates (subject to hydrolysis) is 1. The Labute approximate surface area is 469 Å². The number of halogens is 1. The molecule has 0 bridgehead atoms. The number of aromatic amines is 1. The molecule has 3 aliphatic heterocycles. The number of nitrogens with one attached hydrogen (secondary N) is 7. The number of fused-ring (bicyclic) bond motifs is 2. The number of nitrogens with two attached hydrogens (primary N) is 1. The van der Waals surface area contributed by atoms with Crippen molar-refractivity contribution >= 4 is 63.9 Å². The number of aromatic nitrogens is 1. The molecule has 0 aliphatic carbocycles. The highest BCUT2D eigenvalue weighted by atomic mass is 35.5. The molecule has 3 saturated heterocycles. The molecule has 80 heavy (non-hydrogen) atoms. The first kappa shape index (κ1) is 56.7. The molecule has 0 radical (unpaired) electrons. The summed E-state index contributed by atoms with van der Waals surface area (Å²) in [5, 5.41) is 19.1. The number of Topliss-reactive ketones (excluding diaryl/α,β-unsaturated/α-hetero) is 1. The summed E-state index contributed by atoms with van der Waals surface area (Å²) < 4.78 is 11.8. The molecule has 5 aromatic carbocycles. The van der Waals surface area contributed by atoms with Crippen LogP contribution in [0.2, 0.25) is 5.02 Å². The van der Waals surface area contributed by atoms with Crippen LogP contribution in [0.5, 0.6) is 5.75 Å². The number of carbonyl (C=O) groups excluding carboxylic acids is 7. The second kappa shape index (κ2) is 27.2. The maximum Gasteiger partial charge on any atom is 0.407 e. The number of ketones is 1. The summed E-state index contributed by atoms with van der Waals surface area (Å²) in [6.45, 7) is 1.74. The Balaban J connectivity index is 1.12. The lowest BCUT2D eigenvalue weighted by Gasteiger charge is -2.32.